The van der Waals surface area contributed by atoms with Gasteiger partial charge in [0.1, 0.15) is 0 Å². The highest BCUT2D eigenvalue weighted by atomic mass is 16.5. The molecule has 0 bridgehead atoms. The number of benzene rings is 2. The molecule has 0 saturated carbocycles. The molecular weight excluding hydrogens is 366 g/mol. The third-order valence-electron chi connectivity index (χ3n) is 4.64. The lowest BCUT2D eigenvalue weighted by molar-refractivity contribution is 0.0944. The molecule has 6 heteroatoms. The molecule has 1 heterocycles. The maximum atomic E-state index is 13.0. The van der Waals surface area contributed by atoms with Crippen LogP contribution in [-0.2, 0) is 24.4 Å². The van der Waals surface area contributed by atoms with Gasteiger partial charge in [0.2, 0.25) is 0 Å². The first-order valence-electron chi connectivity index (χ1n) is 9.93. The van der Waals surface area contributed by atoms with E-state index in [-0.39, 0.29) is 23.1 Å². The van der Waals surface area contributed by atoms with E-state index in [9.17, 15) is 9.59 Å². The number of carbonyl (C=O) groups is 1. The first kappa shape index (κ1) is 20.7. The highest BCUT2D eigenvalue weighted by molar-refractivity contribution is 6.04. The van der Waals surface area contributed by atoms with Gasteiger partial charge < -0.3 is 10.1 Å². The summed E-state index contributed by atoms with van der Waals surface area (Å²) in [4.78, 5) is 25.7. The number of aromatic nitrogens is 2. The molecule has 0 aliphatic carbocycles. The maximum Gasteiger partial charge on any atom is 0.274 e. The van der Waals surface area contributed by atoms with Crippen LogP contribution in [0.4, 0.5) is 0 Å². The van der Waals surface area contributed by atoms with Gasteiger partial charge in [0.05, 0.1) is 12.0 Å². The summed E-state index contributed by atoms with van der Waals surface area (Å²) in [6.45, 7) is 7.93. The Kier molecular flexibility index (Phi) is 6.77. The molecule has 0 fully saturated rings. The van der Waals surface area contributed by atoms with Crippen LogP contribution in [0, 0.1) is 5.92 Å². The average Bonchev–Trinajstić information content (AvgIpc) is 2.72. The topological polar surface area (TPSA) is 73.2 Å². The Morgan fingerprint density at radius 2 is 1.72 bits per heavy atom. The molecule has 1 N–H and O–H groups in total. The summed E-state index contributed by atoms with van der Waals surface area (Å²) < 4.78 is 6.91. The fourth-order valence-electron chi connectivity index (χ4n) is 3.21. The van der Waals surface area contributed by atoms with E-state index in [1.807, 2.05) is 51.1 Å². The van der Waals surface area contributed by atoms with Gasteiger partial charge in [0, 0.05) is 25.1 Å². The predicted molar refractivity (Wildman–Crippen MR) is 114 cm³/mol. The summed E-state index contributed by atoms with van der Waals surface area (Å²) in [5.74, 6) is -0.0624. The van der Waals surface area contributed by atoms with E-state index >= 15 is 0 Å². The second-order valence-corrected chi connectivity index (χ2v) is 7.36. The number of ether oxygens (including phenoxy) is 1. The van der Waals surface area contributed by atoms with Gasteiger partial charge in [0.15, 0.2) is 5.69 Å². The highest BCUT2D eigenvalue weighted by Gasteiger charge is 2.17. The van der Waals surface area contributed by atoms with E-state index < -0.39 is 0 Å². The maximum absolute atomic E-state index is 13.0. The van der Waals surface area contributed by atoms with E-state index in [0.717, 1.165) is 11.1 Å². The molecule has 3 rings (SSSR count). The van der Waals surface area contributed by atoms with Crippen molar-refractivity contribution >= 4 is 16.7 Å². The third-order valence-corrected chi connectivity index (χ3v) is 4.64. The van der Waals surface area contributed by atoms with Crippen LogP contribution in [-0.4, -0.2) is 22.3 Å². The summed E-state index contributed by atoms with van der Waals surface area (Å²) >= 11 is 0. The molecule has 29 heavy (non-hydrogen) atoms. The largest absolute Gasteiger partial charge is 0.377 e. The van der Waals surface area contributed by atoms with Crippen LogP contribution < -0.4 is 10.9 Å². The van der Waals surface area contributed by atoms with Gasteiger partial charge >= 0.3 is 0 Å². The van der Waals surface area contributed by atoms with Gasteiger partial charge in [-0.2, -0.15) is 5.10 Å². The molecule has 0 aliphatic rings. The number of amides is 1. The quantitative estimate of drug-likeness (QED) is 0.636. The zero-order chi connectivity index (χ0) is 20.8. The number of carbonyl (C=O) groups excluding carboxylic acids is 1. The molecule has 0 unspecified atom stereocenters. The molecule has 152 valence electrons. The van der Waals surface area contributed by atoms with Gasteiger partial charge in [-0.1, -0.05) is 56.3 Å². The molecule has 3 aromatic rings. The Hall–Kier alpha value is -2.99. The van der Waals surface area contributed by atoms with Crippen LogP contribution in [0.2, 0.25) is 0 Å². The second kappa shape index (κ2) is 9.47. The monoisotopic (exact) mass is 393 g/mol. The number of fused-ring (bicyclic) bond motifs is 1. The lowest BCUT2D eigenvalue weighted by atomic mass is 10.1. The van der Waals surface area contributed by atoms with Gasteiger partial charge in [-0.25, -0.2) is 4.68 Å². The zero-order valence-electron chi connectivity index (χ0n) is 17.1. The molecule has 1 aromatic heterocycles. The van der Waals surface area contributed by atoms with Gasteiger partial charge in [-0.15, -0.1) is 0 Å². The summed E-state index contributed by atoms with van der Waals surface area (Å²) in [6.07, 6.45) is 0. The number of nitrogens with zero attached hydrogens (tertiary/aromatic N) is 2. The van der Waals surface area contributed by atoms with E-state index in [4.69, 9.17) is 4.74 Å². The van der Waals surface area contributed by atoms with E-state index in [2.05, 4.69) is 10.4 Å². The Morgan fingerprint density at radius 3 is 2.41 bits per heavy atom. The minimum Gasteiger partial charge on any atom is -0.377 e. The Morgan fingerprint density at radius 1 is 1.07 bits per heavy atom. The van der Waals surface area contributed by atoms with E-state index in [1.54, 1.807) is 18.2 Å². The molecule has 0 atom stereocenters. The molecule has 6 nitrogen and oxygen atoms in total. The van der Waals surface area contributed by atoms with Crippen molar-refractivity contribution < 1.29 is 9.53 Å². The summed E-state index contributed by atoms with van der Waals surface area (Å²) in [5.41, 5.74) is 2.13. The van der Waals surface area contributed by atoms with Crippen LogP contribution in [0.5, 0.6) is 0 Å². The average molecular weight is 393 g/mol. The molecule has 2 aromatic carbocycles. The molecule has 0 saturated heterocycles. The van der Waals surface area contributed by atoms with Crippen LogP contribution >= 0.6 is 0 Å². The summed E-state index contributed by atoms with van der Waals surface area (Å²) in [6, 6.07) is 15.0. The summed E-state index contributed by atoms with van der Waals surface area (Å²) in [7, 11) is 0. The first-order chi connectivity index (χ1) is 14.0. The first-order valence-corrected chi connectivity index (χ1v) is 9.93. The molecule has 0 aliphatic heterocycles. The predicted octanol–water partition coefficient (Wildman–Crippen LogP) is 3.52. The van der Waals surface area contributed by atoms with Crippen molar-refractivity contribution in [1.29, 1.82) is 0 Å². The standard InChI is InChI=1S/C23H27N3O3/c1-4-29-15-18-10-6-5-9-17(18)13-24-22(27)21-19-11-7-8-12-20(19)23(28)26(25-21)14-16(2)3/h5-12,16H,4,13-15H2,1-3H3,(H,24,27). The SMILES string of the molecule is CCOCc1ccccc1CNC(=O)c1nn(CC(C)C)c(=O)c2ccccc12. The van der Waals surface area contributed by atoms with Crippen LogP contribution in [0.25, 0.3) is 10.8 Å². The molecule has 0 spiro atoms. The number of hydrogen-bond acceptors (Lipinski definition) is 4. The fourth-order valence-corrected chi connectivity index (χ4v) is 3.21. The van der Waals surface area contributed by atoms with Crippen molar-refractivity contribution in [3.63, 3.8) is 0 Å². The van der Waals surface area contributed by atoms with Gasteiger partial charge in [0.25, 0.3) is 11.5 Å². The van der Waals surface area contributed by atoms with Crippen molar-refractivity contribution in [2.75, 3.05) is 6.61 Å². The van der Waals surface area contributed by atoms with Crippen molar-refractivity contribution in [1.82, 2.24) is 15.1 Å². The molecule has 1 amide bonds. The Labute approximate surface area is 170 Å². The smallest absolute Gasteiger partial charge is 0.274 e. The summed E-state index contributed by atoms with van der Waals surface area (Å²) in [5, 5.41) is 8.42. The van der Waals surface area contributed by atoms with Gasteiger partial charge in [-0.05, 0) is 30.0 Å². The zero-order valence-corrected chi connectivity index (χ0v) is 17.1. The fraction of sp³-hybridized carbons (Fsp3) is 0.348. The molecular formula is C23H27N3O3. The lowest BCUT2D eigenvalue weighted by Crippen LogP contribution is -2.31. The lowest BCUT2D eigenvalue weighted by Gasteiger charge is -2.14. The number of rotatable bonds is 8. The van der Waals surface area contributed by atoms with Crippen LogP contribution in [0.3, 0.4) is 0 Å². The third kappa shape index (κ3) is 4.90. The number of nitrogens with one attached hydrogen (secondary N) is 1. The van der Waals surface area contributed by atoms with Gasteiger partial charge in [-0.3, -0.25) is 9.59 Å². The van der Waals surface area contributed by atoms with Crippen molar-refractivity contribution in [2.45, 2.75) is 40.5 Å². The second-order valence-electron chi connectivity index (χ2n) is 7.36. The van der Waals surface area contributed by atoms with Crippen molar-refractivity contribution in [2.24, 2.45) is 5.92 Å². The highest BCUT2D eigenvalue weighted by Crippen LogP contribution is 2.15. The Bertz CT molecular complexity index is 1060. The van der Waals surface area contributed by atoms with E-state index in [0.29, 0.717) is 37.1 Å². The van der Waals surface area contributed by atoms with Crippen LogP contribution in [0.1, 0.15) is 42.4 Å². The van der Waals surface area contributed by atoms with Crippen molar-refractivity contribution in [3.8, 4) is 0 Å². The van der Waals surface area contributed by atoms with Crippen LogP contribution in [0.15, 0.2) is 53.3 Å². The molecule has 0 radical (unpaired) electrons. The Balaban J connectivity index is 1.90. The minimum absolute atomic E-state index is 0.173. The normalized spacial score (nSPS) is 11.2. The number of hydrogen-bond donors (Lipinski definition) is 1. The minimum atomic E-state index is -0.301. The van der Waals surface area contributed by atoms with E-state index in [1.165, 1.54) is 4.68 Å². The van der Waals surface area contributed by atoms with Crippen molar-refractivity contribution in [3.05, 3.63) is 75.7 Å².